The van der Waals surface area contributed by atoms with Gasteiger partial charge in [-0.1, -0.05) is 66.2 Å². The SMILES string of the molecule is O=C(CN1C(=O)[C@@H]2[C@H](C1=O)C1(Cl)c3ccccc3C2(Cl)c2ccccc21)Nc1cccc(Cl)c1. The van der Waals surface area contributed by atoms with Crippen molar-refractivity contribution in [3.05, 3.63) is 100 Å². The second-order valence-electron chi connectivity index (χ2n) is 8.79. The molecule has 34 heavy (non-hydrogen) atoms. The fourth-order valence-electron chi connectivity index (χ4n) is 5.79. The Hall–Kier alpha value is -2.86. The number of rotatable bonds is 3. The molecule has 1 saturated heterocycles. The van der Waals surface area contributed by atoms with Gasteiger partial charge in [0.2, 0.25) is 17.7 Å². The van der Waals surface area contributed by atoms with Crippen LogP contribution in [0.3, 0.4) is 0 Å². The Morgan fingerprint density at radius 3 is 1.71 bits per heavy atom. The van der Waals surface area contributed by atoms with E-state index in [9.17, 15) is 14.4 Å². The van der Waals surface area contributed by atoms with E-state index in [4.69, 9.17) is 34.8 Å². The minimum absolute atomic E-state index is 0.441. The van der Waals surface area contributed by atoms with Crippen LogP contribution in [0.25, 0.3) is 0 Å². The third kappa shape index (κ3) is 2.66. The minimum Gasteiger partial charge on any atom is -0.324 e. The summed E-state index contributed by atoms with van der Waals surface area (Å²) in [6.45, 7) is -0.441. The van der Waals surface area contributed by atoms with Gasteiger partial charge in [-0.2, -0.15) is 0 Å². The van der Waals surface area contributed by atoms with Crippen molar-refractivity contribution in [1.29, 1.82) is 0 Å². The van der Waals surface area contributed by atoms with Crippen molar-refractivity contribution < 1.29 is 14.4 Å². The van der Waals surface area contributed by atoms with E-state index < -0.39 is 45.9 Å². The van der Waals surface area contributed by atoms with E-state index in [0.717, 1.165) is 27.2 Å². The van der Waals surface area contributed by atoms with Crippen molar-refractivity contribution in [2.75, 3.05) is 11.9 Å². The zero-order chi connectivity index (χ0) is 23.8. The maximum Gasteiger partial charge on any atom is 0.244 e. The maximum atomic E-state index is 13.7. The molecule has 1 heterocycles. The molecule has 0 aromatic heterocycles. The van der Waals surface area contributed by atoms with Crippen LogP contribution in [-0.2, 0) is 24.1 Å². The lowest BCUT2D eigenvalue weighted by atomic mass is 9.54. The minimum atomic E-state index is -1.26. The lowest BCUT2D eigenvalue weighted by molar-refractivity contribution is -0.142. The number of carbonyl (C=O) groups is 3. The molecule has 3 aliphatic carbocycles. The van der Waals surface area contributed by atoms with Gasteiger partial charge < -0.3 is 5.32 Å². The number of nitrogens with one attached hydrogen (secondary N) is 1. The number of carbonyl (C=O) groups excluding carboxylic acids is 3. The first-order chi connectivity index (χ1) is 16.3. The van der Waals surface area contributed by atoms with Crippen molar-refractivity contribution in [3.8, 4) is 0 Å². The fourth-order valence-corrected chi connectivity index (χ4v) is 7.08. The predicted octanol–water partition coefficient (Wildman–Crippen LogP) is 4.87. The van der Waals surface area contributed by atoms with Crippen LogP contribution < -0.4 is 5.32 Å². The van der Waals surface area contributed by atoms with E-state index in [1.165, 1.54) is 0 Å². The molecule has 0 radical (unpaired) electrons. The number of halogens is 3. The van der Waals surface area contributed by atoms with Crippen LogP contribution in [0.4, 0.5) is 5.69 Å². The van der Waals surface area contributed by atoms with Crippen molar-refractivity contribution in [2.24, 2.45) is 11.8 Å². The quantitative estimate of drug-likeness (QED) is 0.403. The molecule has 3 aromatic rings. The van der Waals surface area contributed by atoms with Gasteiger partial charge in [0.15, 0.2) is 0 Å². The Balaban J connectivity index is 1.43. The zero-order valence-electron chi connectivity index (χ0n) is 17.6. The molecule has 7 rings (SSSR count). The lowest BCUT2D eigenvalue weighted by Crippen LogP contribution is -2.57. The summed E-state index contributed by atoms with van der Waals surface area (Å²) in [6, 6.07) is 21.5. The summed E-state index contributed by atoms with van der Waals surface area (Å²) in [4.78, 5) is 38.7. The van der Waals surface area contributed by atoms with Crippen molar-refractivity contribution in [3.63, 3.8) is 0 Å². The molecule has 3 aromatic carbocycles. The first kappa shape index (κ1) is 21.7. The lowest BCUT2D eigenvalue weighted by Gasteiger charge is -2.54. The van der Waals surface area contributed by atoms with Gasteiger partial charge in [-0.3, -0.25) is 19.3 Å². The van der Waals surface area contributed by atoms with E-state index in [1.807, 2.05) is 48.5 Å². The summed E-state index contributed by atoms with van der Waals surface area (Å²) >= 11 is 20.7. The van der Waals surface area contributed by atoms with Crippen molar-refractivity contribution in [1.82, 2.24) is 4.90 Å². The van der Waals surface area contributed by atoms with Gasteiger partial charge in [-0.15, -0.1) is 23.2 Å². The highest BCUT2D eigenvalue weighted by Gasteiger charge is 2.73. The highest BCUT2D eigenvalue weighted by atomic mass is 35.5. The molecule has 2 atom stereocenters. The summed E-state index contributed by atoms with van der Waals surface area (Å²) in [7, 11) is 0. The summed E-state index contributed by atoms with van der Waals surface area (Å²) in [5.74, 6) is -3.37. The van der Waals surface area contributed by atoms with E-state index in [1.54, 1.807) is 24.3 Å². The number of hydrogen-bond acceptors (Lipinski definition) is 3. The molecule has 3 amide bonds. The molecule has 1 fully saturated rings. The first-order valence-electron chi connectivity index (χ1n) is 10.8. The van der Waals surface area contributed by atoms with E-state index in [2.05, 4.69) is 5.32 Å². The number of benzene rings is 3. The third-order valence-electron chi connectivity index (χ3n) is 7.09. The Morgan fingerprint density at radius 1 is 0.794 bits per heavy atom. The average Bonchev–Trinajstić information content (AvgIpc) is 3.08. The number of alkyl halides is 2. The zero-order valence-corrected chi connectivity index (χ0v) is 19.9. The first-order valence-corrected chi connectivity index (χ1v) is 11.9. The molecule has 4 aliphatic rings. The number of anilines is 1. The Morgan fingerprint density at radius 2 is 1.26 bits per heavy atom. The molecule has 1 aliphatic heterocycles. The number of imide groups is 1. The van der Waals surface area contributed by atoms with Crippen LogP contribution in [0.5, 0.6) is 0 Å². The molecule has 0 spiro atoms. The highest BCUT2D eigenvalue weighted by Crippen LogP contribution is 2.69. The monoisotopic (exact) mass is 510 g/mol. The van der Waals surface area contributed by atoms with Gasteiger partial charge in [0.25, 0.3) is 0 Å². The molecule has 0 saturated carbocycles. The predicted molar refractivity (Wildman–Crippen MR) is 130 cm³/mol. The molecule has 0 unspecified atom stereocenters. The maximum absolute atomic E-state index is 13.7. The largest absolute Gasteiger partial charge is 0.324 e. The van der Waals surface area contributed by atoms with Gasteiger partial charge in [0, 0.05) is 10.7 Å². The molecule has 5 nitrogen and oxygen atoms in total. The Kier molecular flexibility index (Phi) is 4.66. The van der Waals surface area contributed by atoms with Gasteiger partial charge in [-0.05, 0) is 40.5 Å². The summed E-state index contributed by atoms with van der Waals surface area (Å²) in [6.07, 6.45) is 0. The summed E-state index contributed by atoms with van der Waals surface area (Å²) < 4.78 is 0. The molecule has 1 N–H and O–H groups in total. The number of nitrogens with zero attached hydrogens (tertiary/aromatic N) is 1. The standard InChI is InChI=1S/C26H17Cl3N2O3/c27-14-6-5-7-15(12-14)30-20(32)13-31-23(33)21-22(24(31)34)26(29)17-9-2-1-8-16(17)25(21,28)18-10-3-4-11-19(18)26/h1-12,21-22H,13H2,(H,30,32)/t21-,22+,25?,26?. The number of hydrogen-bond donors (Lipinski definition) is 1. The van der Waals surface area contributed by atoms with Gasteiger partial charge >= 0.3 is 0 Å². The second kappa shape index (κ2) is 7.32. The number of amides is 3. The number of likely N-dealkylation sites (tertiary alicyclic amines) is 1. The highest BCUT2D eigenvalue weighted by molar-refractivity contribution is 6.36. The van der Waals surface area contributed by atoms with Crippen LogP contribution in [0.1, 0.15) is 22.3 Å². The van der Waals surface area contributed by atoms with Gasteiger partial charge in [0.1, 0.15) is 16.3 Å². The van der Waals surface area contributed by atoms with Gasteiger partial charge in [0.05, 0.1) is 11.8 Å². The topological polar surface area (TPSA) is 66.5 Å². The van der Waals surface area contributed by atoms with Crippen LogP contribution in [-0.4, -0.2) is 29.2 Å². The van der Waals surface area contributed by atoms with Crippen molar-refractivity contribution >= 4 is 58.2 Å². The van der Waals surface area contributed by atoms with E-state index >= 15 is 0 Å². The fraction of sp³-hybridized carbons (Fsp3) is 0.192. The molecule has 2 bridgehead atoms. The van der Waals surface area contributed by atoms with Crippen LogP contribution in [0.2, 0.25) is 5.02 Å². The Labute approximate surface area is 210 Å². The molecular formula is C26H17Cl3N2O3. The third-order valence-corrected chi connectivity index (χ3v) is 8.61. The van der Waals surface area contributed by atoms with Crippen LogP contribution in [0.15, 0.2) is 72.8 Å². The second-order valence-corrected chi connectivity index (χ2v) is 10.4. The average molecular weight is 512 g/mol. The van der Waals surface area contributed by atoms with E-state index in [0.29, 0.717) is 10.7 Å². The summed E-state index contributed by atoms with van der Waals surface area (Å²) in [5, 5.41) is 3.14. The molecule has 170 valence electrons. The van der Waals surface area contributed by atoms with E-state index in [-0.39, 0.29) is 0 Å². The van der Waals surface area contributed by atoms with Crippen LogP contribution in [0, 0.1) is 11.8 Å². The van der Waals surface area contributed by atoms with Crippen LogP contribution >= 0.6 is 34.8 Å². The summed E-state index contributed by atoms with van der Waals surface area (Å²) in [5.41, 5.74) is 3.35. The Bertz CT molecular complexity index is 1280. The van der Waals surface area contributed by atoms with Crippen molar-refractivity contribution in [2.45, 2.75) is 9.75 Å². The molecule has 8 heteroatoms. The smallest absolute Gasteiger partial charge is 0.244 e. The normalized spacial score (nSPS) is 28.4. The molecular weight excluding hydrogens is 495 g/mol. The van der Waals surface area contributed by atoms with Gasteiger partial charge in [-0.25, -0.2) is 0 Å².